The second-order valence-electron chi connectivity index (χ2n) is 10.5. The summed E-state index contributed by atoms with van der Waals surface area (Å²) in [6.45, 7) is 8.93. The average Bonchev–Trinajstić information content (AvgIpc) is 3.24. The van der Waals surface area contributed by atoms with Gasteiger partial charge in [0.05, 0.1) is 29.8 Å². The van der Waals surface area contributed by atoms with E-state index >= 15 is 0 Å². The standard InChI is InChI=1S/C26H34N2O2S/c1-17(16-27-4)13-18(2)22-7-8-23-24(22,3)10-9-20-14-19-5-6-21(28-30-31)15-25(19)11-12-26(20,23)29-25/h9,13-14,16,22-23,31H,1,5-8,10-12,15H2,2-4H3/b18-13+,27-16-,28-21?/t22?,23-,24?,25-,26-/m1/s1. The summed E-state index contributed by atoms with van der Waals surface area (Å²) in [4.78, 5) is 4.13. The molecule has 0 aromatic carbocycles. The van der Waals surface area contributed by atoms with E-state index < -0.39 is 0 Å². The van der Waals surface area contributed by atoms with Gasteiger partial charge in [0.15, 0.2) is 0 Å². The third-order valence-corrected chi connectivity index (χ3v) is 9.02. The Labute approximate surface area is 191 Å². The van der Waals surface area contributed by atoms with Gasteiger partial charge >= 0.3 is 0 Å². The molecule has 1 saturated heterocycles. The largest absolute Gasteiger partial charge is 0.359 e. The maximum atomic E-state index is 7.23. The molecule has 31 heavy (non-hydrogen) atoms. The molecule has 0 N–H and O–H groups in total. The van der Waals surface area contributed by atoms with Crippen molar-refractivity contribution in [3.05, 3.63) is 47.1 Å². The number of nitrogens with zero attached hydrogens (tertiary/aromatic N) is 2. The zero-order chi connectivity index (χ0) is 21.9. The Balaban J connectivity index is 1.50. The summed E-state index contributed by atoms with van der Waals surface area (Å²) in [6, 6.07) is 0. The van der Waals surface area contributed by atoms with Crippen LogP contribution in [0.5, 0.6) is 0 Å². The molecule has 0 aromatic heterocycles. The zero-order valence-corrected chi connectivity index (χ0v) is 19.9. The first-order valence-electron chi connectivity index (χ1n) is 11.6. The van der Waals surface area contributed by atoms with E-state index in [4.69, 9.17) is 9.02 Å². The second-order valence-corrected chi connectivity index (χ2v) is 10.6. The van der Waals surface area contributed by atoms with Gasteiger partial charge in [-0.1, -0.05) is 42.5 Å². The molecule has 2 unspecified atom stereocenters. The lowest BCUT2D eigenvalue weighted by atomic mass is 9.58. The van der Waals surface area contributed by atoms with Crippen LogP contribution in [0.4, 0.5) is 0 Å². The Morgan fingerprint density at radius 3 is 2.94 bits per heavy atom. The predicted octanol–water partition coefficient (Wildman–Crippen LogP) is 6.18. The molecule has 5 aliphatic rings. The molecule has 0 amide bonds. The van der Waals surface area contributed by atoms with Crippen LogP contribution in [0.15, 0.2) is 57.2 Å². The topological polar surface area (TPSA) is 43.2 Å². The van der Waals surface area contributed by atoms with Gasteiger partial charge in [-0.15, -0.1) is 0 Å². The van der Waals surface area contributed by atoms with E-state index in [0.29, 0.717) is 11.8 Å². The Kier molecular flexibility index (Phi) is 5.13. The number of aliphatic imine (C=N–C) groups is 1. The number of fused-ring (bicyclic) bond motifs is 1. The minimum atomic E-state index is -0.187. The molecule has 2 saturated carbocycles. The van der Waals surface area contributed by atoms with Gasteiger partial charge in [0.25, 0.3) is 0 Å². The van der Waals surface area contributed by atoms with E-state index in [0.717, 1.165) is 49.8 Å². The van der Waals surface area contributed by atoms with Crippen molar-refractivity contribution in [1.82, 2.24) is 0 Å². The van der Waals surface area contributed by atoms with Crippen LogP contribution in [-0.2, 0) is 9.02 Å². The number of rotatable bonds is 4. The van der Waals surface area contributed by atoms with Crippen LogP contribution >= 0.6 is 12.9 Å². The van der Waals surface area contributed by atoms with Gasteiger partial charge in [-0.2, -0.15) is 0 Å². The van der Waals surface area contributed by atoms with Crippen LogP contribution in [0.25, 0.3) is 0 Å². The van der Waals surface area contributed by atoms with Crippen molar-refractivity contribution in [2.75, 3.05) is 7.05 Å². The molecule has 5 rings (SSSR count). The Hall–Kier alpha value is -1.59. The third kappa shape index (κ3) is 3.06. The van der Waals surface area contributed by atoms with Gasteiger partial charge in [-0.25, -0.2) is 0 Å². The van der Waals surface area contributed by atoms with Crippen LogP contribution in [0.1, 0.15) is 65.2 Å². The van der Waals surface area contributed by atoms with Gasteiger partial charge in [0.1, 0.15) is 0 Å². The SMILES string of the molecule is C=C(/C=N\C)/C=C(\C)C1CC[C@@H]2C1(C)CC=C1C=C3CCC(=NOS)C[C@]34CC[C@@]12O4. The maximum absolute atomic E-state index is 7.23. The Morgan fingerprint density at radius 2 is 2.16 bits per heavy atom. The average molecular weight is 439 g/mol. The number of hydrogen-bond acceptors (Lipinski definition) is 5. The highest BCUT2D eigenvalue weighted by atomic mass is 32.1. The number of oxime groups is 1. The lowest BCUT2D eigenvalue weighted by molar-refractivity contribution is -0.128. The quantitative estimate of drug-likeness (QED) is 0.187. The molecule has 2 spiro atoms. The molecular weight excluding hydrogens is 404 g/mol. The molecule has 5 heteroatoms. The molecule has 2 heterocycles. The molecule has 0 radical (unpaired) electrons. The first kappa shape index (κ1) is 21.3. The summed E-state index contributed by atoms with van der Waals surface area (Å²) in [7, 11) is 1.80. The minimum Gasteiger partial charge on any atom is -0.359 e. The summed E-state index contributed by atoms with van der Waals surface area (Å²) in [5.74, 6) is 1.10. The maximum Gasteiger partial charge on any atom is 0.0975 e. The molecule has 0 aromatic rings. The fourth-order valence-electron chi connectivity index (χ4n) is 7.72. The third-order valence-electron chi connectivity index (χ3n) is 8.94. The van der Waals surface area contributed by atoms with Gasteiger partial charge in [0, 0.05) is 19.7 Å². The van der Waals surface area contributed by atoms with Gasteiger partial charge < -0.3 is 9.02 Å². The zero-order valence-electron chi connectivity index (χ0n) is 19.0. The summed E-state index contributed by atoms with van der Waals surface area (Å²) in [6.07, 6.45) is 17.6. The highest BCUT2D eigenvalue weighted by molar-refractivity contribution is 7.75. The fraction of sp³-hybridized carbons (Fsp3) is 0.615. The minimum absolute atomic E-state index is 0.141. The molecule has 3 fully saturated rings. The molecule has 2 aliphatic heterocycles. The predicted molar refractivity (Wildman–Crippen MR) is 130 cm³/mol. The number of allylic oxidation sites excluding steroid dienone is 4. The molecular formula is C26H34N2O2S. The second kappa shape index (κ2) is 7.48. The molecule has 2 bridgehead atoms. The van der Waals surface area contributed by atoms with Crippen molar-refractivity contribution in [3.8, 4) is 0 Å². The van der Waals surface area contributed by atoms with Crippen molar-refractivity contribution in [3.63, 3.8) is 0 Å². The van der Waals surface area contributed by atoms with Crippen LogP contribution in [0, 0.1) is 17.3 Å². The smallest absolute Gasteiger partial charge is 0.0975 e. The van der Waals surface area contributed by atoms with Crippen molar-refractivity contribution in [2.45, 2.75) is 76.4 Å². The van der Waals surface area contributed by atoms with E-state index in [-0.39, 0.29) is 16.6 Å². The number of ether oxygens (including phenoxy) is 1. The van der Waals surface area contributed by atoms with E-state index in [1.807, 2.05) is 6.21 Å². The Bertz CT molecular complexity index is 960. The van der Waals surface area contributed by atoms with E-state index in [9.17, 15) is 0 Å². The fourth-order valence-corrected chi connectivity index (χ4v) is 7.83. The van der Waals surface area contributed by atoms with Crippen molar-refractivity contribution in [2.24, 2.45) is 27.4 Å². The van der Waals surface area contributed by atoms with E-state index in [1.54, 1.807) is 7.05 Å². The first-order valence-corrected chi connectivity index (χ1v) is 12.0. The van der Waals surface area contributed by atoms with Gasteiger partial charge in [-0.3, -0.25) is 4.99 Å². The first-order chi connectivity index (χ1) is 14.9. The summed E-state index contributed by atoms with van der Waals surface area (Å²) < 4.78 is 12.0. The lowest BCUT2D eigenvalue weighted by Gasteiger charge is -2.54. The normalized spacial score (nSPS) is 42.7. The van der Waals surface area contributed by atoms with Crippen LogP contribution in [-0.4, -0.2) is 30.2 Å². The van der Waals surface area contributed by atoms with Crippen LogP contribution < -0.4 is 0 Å². The van der Waals surface area contributed by atoms with Crippen LogP contribution in [0.3, 0.4) is 0 Å². The van der Waals surface area contributed by atoms with E-state index in [1.165, 1.54) is 29.6 Å². The number of hydrogen-bond donors (Lipinski definition) is 1. The summed E-state index contributed by atoms with van der Waals surface area (Å²) in [5, 5.41) is 4.18. The van der Waals surface area contributed by atoms with Crippen molar-refractivity contribution >= 4 is 24.8 Å². The van der Waals surface area contributed by atoms with Gasteiger partial charge in [-0.05, 0) is 85.8 Å². The molecule has 3 aliphatic carbocycles. The molecule has 4 nitrogen and oxygen atoms in total. The van der Waals surface area contributed by atoms with Crippen molar-refractivity contribution in [1.29, 1.82) is 0 Å². The monoisotopic (exact) mass is 438 g/mol. The van der Waals surface area contributed by atoms with E-state index in [2.05, 4.69) is 61.7 Å². The Morgan fingerprint density at radius 1 is 1.32 bits per heavy atom. The lowest BCUT2D eigenvalue weighted by Crippen LogP contribution is -2.54. The highest BCUT2D eigenvalue weighted by Gasteiger charge is 2.66. The summed E-state index contributed by atoms with van der Waals surface area (Å²) >= 11 is 3.84. The number of thiol groups is 1. The van der Waals surface area contributed by atoms with Gasteiger partial charge in [0.2, 0.25) is 0 Å². The van der Waals surface area contributed by atoms with Crippen molar-refractivity contribution < 1.29 is 9.02 Å². The van der Waals surface area contributed by atoms with Crippen LogP contribution in [0.2, 0.25) is 0 Å². The summed E-state index contributed by atoms with van der Waals surface area (Å²) in [5.41, 5.74) is 6.30. The molecule has 5 atom stereocenters. The molecule has 166 valence electrons. The highest BCUT2D eigenvalue weighted by Crippen LogP contribution is 2.68.